The van der Waals surface area contributed by atoms with Crippen LogP contribution in [-0.4, -0.2) is 0 Å². The summed E-state index contributed by atoms with van der Waals surface area (Å²) in [6.07, 6.45) is 5.48. The van der Waals surface area contributed by atoms with Gasteiger partial charge in [-0.1, -0.05) is 35.4 Å². The molecule has 0 saturated carbocycles. The van der Waals surface area contributed by atoms with Crippen LogP contribution >= 0.6 is 23.2 Å². The fourth-order valence-corrected chi connectivity index (χ4v) is 0.716. The van der Waals surface area contributed by atoms with Crippen LogP contribution in [0.4, 0.5) is 0 Å². The van der Waals surface area contributed by atoms with Crippen LogP contribution in [0.1, 0.15) is 26.7 Å². The zero-order valence-electron chi connectivity index (χ0n) is 6.32. The van der Waals surface area contributed by atoms with Gasteiger partial charge in [-0.3, -0.25) is 0 Å². The SMILES string of the molecule is C/C=C(\Cl)CC/C(Cl)=C/C. The number of rotatable bonds is 3. The highest BCUT2D eigenvalue weighted by atomic mass is 35.5. The molecule has 0 aliphatic rings. The molecular weight excluding hydrogens is 167 g/mol. The molecule has 0 radical (unpaired) electrons. The van der Waals surface area contributed by atoms with Gasteiger partial charge in [0, 0.05) is 10.1 Å². The van der Waals surface area contributed by atoms with E-state index in [4.69, 9.17) is 23.2 Å². The van der Waals surface area contributed by atoms with Gasteiger partial charge in [-0.05, 0) is 26.7 Å². The van der Waals surface area contributed by atoms with Gasteiger partial charge in [0.2, 0.25) is 0 Å². The summed E-state index contributed by atoms with van der Waals surface area (Å²) < 4.78 is 0. The molecule has 0 unspecified atom stereocenters. The third-order valence-corrected chi connectivity index (χ3v) is 2.04. The molecule has 0 nitrogen and oxygen atoms in total. The lowest BCUT2D eigenvalue weighted by Crippen LogP contribution is -1.74. The molecule has 0 aromatic heterocycles. The third kappa shape index (κ3) is 4.89. The molecule has 0 bridgehead atoms. The Bertz CT molecular complexity index is 127. The molecule has 0 spiro atoms. The van der Waals surface area contributed by atoms with E-state index in [-0.39, 0.29) is 0 Å². The van der Waals surface area contributed by atoms with Crippen LogP contribution in [0.15, 0.2) is 22.2 Å². The molecule has 0 N–H and O–H groups in total. The maximum atomic E-state index is 5.74. The van der Waals surface area contributed by atoms with Gasteiger partial charge < -0.3 is 0 Å². The smallest absolute Gasteiger partial charge is 0.0142 e. The highest BCUT2D eigenvalue weighted by Crippen LogP contribution is 2.16. The Kier molecular flexibility index (Phi) is 5.85. The number of hydrogen-bond donors (Lipinski definition) is 0. The molecule has 0 rings (SSSR count). The molecule has 0 aromatic rings. The lowest BCUT2D eigenvalue weighted by atomic mass is 10.2. The van der Waals surface area contributed by atoms with Crippen LogP contribution in [0.25, 0.3) is 0 Å². The molecule has 0 aliphatic carbocycles. The monoisotopic (exact) mass is 178 g/mol. The molecule has 0 aliphatic heterocycles. The van der Waals surface area contributed by atoms with Gasteiger partial charge in [0.1, 0.15) is 0 Å². The van der Waals surface area contributed by atoms with Gasteiger partial charge in [0.25, 0.3) is 0 Å². The van der Waals surface area contributed by atoms with Crippen molar-refractivity contribution in [1.82, 2.24) is 0 Å². The summed E-state index contributed by atoms with van der Waals surface area (Å²) in [6, 6.07) is 0. The van der Waals surface area contributed by atoms with Crippen LogP contribution in [-0.2, 0) is 0 Å². The number of allylic oxidation sites excluding steroid dienone is 4. The van der Waals surface area contributed by atoms with Crippen molar-refractivity contribution in [3.8, 4) is 0 Å². The van der Waals surface area contributed by atoms with Gasteiger partial charge in [-0.2, -0.15) is 0 Å². The number of hydrogen-bond acceptors (Lipinski definition) is 0. The van der Waals surface area contributed by atoms with Crippen LogP contribution in [0.2, 0.25) is 0 Å². The first-order valence-electron chi connectivity index (χ1n) is 3.32. The molecule has 0 atom stereocenters. The molecule has 0 heterocycles. The summed E-state index contributed by atoms with van der Waals surface area (Å²) in [7, 11) is 0. The summed E-state index contributed by atoms with van der Waals surface area (Å²) in [5, 5.41) is 1.75. The van der Waals surface area contributed by atoms with E-state index in [1.807, 2.05) is 26.0 Å². The summed E-state index contributed by atoms with van der Waals surface area (Å²) in [4.78, 5) is 0. The maximum Gasteiger partial charge on any atom is 0.0142 e. The van der Waals surface area contributed by atoms with Crippen molar-refractivity contribution < 1.29 is 0 Å². The summed E-state index contributed by atoms with van der Waals surface area (Å²) >= 11 is 11.5. The topological polar surface area (TPSA) is 0 Å². The van der Waals surface area contributed by atoms with E-state index >= 15 is 0 Å². The summed E-state index contributed by atoms with van der Waals surface area (Å²) in [5.74, 6) is 0. The second kappa shape index (κ2) is 5.82. The van der Waals surface area contributed by atoms with Crippen molar-refractivity contribution in [2.75, 3.05) is 0 Å². The summed E-state index contributed by atoms with van der Waals surface area (Å²) in [6.45, 7) is 3.85. The Labute approximate surface area is 72.5 Å². The second-order valence-corrected chi connectivity index (χ2v) is 2.94. The molecule has 58 valence electrons. The van der Waals surface area contributed by atoms with Crippen molar-refractivity contribution in [3.63, 3.8) is 0 Å². The predicted octanol–water partition coefficient (Wildman–Crippen LogP) is 4.05. The van der Waals surface area contributed by atoms with E-state index in [1.165, 1.54) is 0 Å². The fraction of sp³-hybridized carbons (Fsp3) is 0.500. The first-order valence-corrected chi connectivity index (χ1v) is 4.07. The van der Waals surface area contributed by atoms with Crippen molar-refractivity contribution in [2.24, 2.45) is 0 Å². The van der Waals surface area contributed by atoms with Crippen molar-refractivity contribution in [2.45, 2.75) is 26.7 Å². The minimum absolute atomic E-state index is 0.848. The first kappa shape index (κ1) is 10.1. The van der Waals surface area contributed by atoms with E-state index in [0.717, 1.165) is 22.9 Å². The van der Waals surface area contributed by atoms with Gasteiger partial charge in [-0.15, -0.1) is 0 Å². The maximum absolute atomic E-state index is 5.74. The zero-order chi connectivity index (χ0) is 7.98. The second-order valence-electron chi connectivity index (χ2n) is 1.97. The van der Waals surface area contributed by atoms with Crippen molar-refractivity contribution in [3.05, 3.63) is 22.2 Å². The Hall–Kier alpha value is 0.0600. The lowest BCUT2D eigenvalue weighted by Gasteiger charge is -1.95. The average Bonchev–Trinajstić information content (AvgIpc) is 1.99. The predicted molar refractivity (Wildman–Crippen MR) is 48.5 cm³/mol. The van der Waals surface area contributed by atoms with Crippen LogP contribution in [0.3, 0.4) is 0 Å². The largest absolute Gasteiger partial charge is 0.0895 e. The first-order chi connectivity index (χ1) is 4.70. The van der Waals surface area contributed by atoms with Crippen LogP contribution in [0, 0.1) is 0 Å². The Morgan fingerprint density at radius 3 is 1.50 bits per heavy atom. The average molecular weight is 179 g/mol. The van der Waals surface area contributed by atoms with Crippen molar-refractivity contribution in [1.29, 1.82) is 0 Å². The molecule has 0 amide bonds. The molecule has 0 aromatic carbocycles. The Morgan fingerprint density at radius 2 is 1.30 bits per heavy atom. The zero-order valence-corrected chi connectivity index (χ0v) is 7.84. The van der Waals surface area contributed by atoms with Crippen LogP contribution in [0.5, 0.6) is 0 Å². The van der Waals surface area contributed by atoms with Gasteiger partial charge >= 0.3 is 0 Å². The number of halogens is 2. The summed E-state index contributed by atoms with van der Waals surface area (Å²) in [5.41, 5.74) is 0. The van der Waals surface area contributed by atoms with E-state index in [9.17, 15) is 0 Å². The van der Waals surface area contributed by atoms with Gasteiger partial charge in [-0.25, -0.2) is 0 Å². The fourth-order valence-electron chi connectivity index (χ4n) is 0.528. The molecule has 10 heavy (non-hydrogen) atoms. The van der Waals surface area contributed by atoms with E-state index < -0.39 is 0 Å². The molecular formula is C8H12Cl2. The lowest BCUT2D eigenvalue weighted by molar-refractivity contribution is 1.01. The van der Waals surface area contributed by atoms with E-state index in [0.29, 0.717) is 0 Å². The normalized spacial score (nSPS) is 14.0. The van der Waals surface area contributed by atoms with Gasteiger partial charge in [0.15, 0.2) is 0 Å². The van der Waals surface area contributed by atoms with Crippen LogP contribution < -0.4 is 0 Å². The van der Waals surface area contributed by atoms with E-state index in [2.05, 4.69) is 0 Å². The molecule has 2 heteroatoms. The standard InChI is InChI=1S/C8H12Cl2/c1-3-7(9)5-6-8(10)4-2/h3-4H,5-6H2,1-2H3/b7-3-,8-4-. The quantitative estimate of drug-likeness (QED) is 0.612. The van der Waals surface area contributed by atoms with Gasteiger partial charge in [0.05, 0.1) is 0 Å². The van der Waals surface area contributed by atoms with Crippen molar-refractivity contribution >= 4 is 23.2 Å². The Morgan fingerprint density at radius 1 is 1.00 bits per heavy atom. The Balaban J connectivity index is 3.56. The minimum Gasteiger partial charge on any atom is -0.0895 e. The minimum atomic E-state index is 0.848. The molecule has 0 fully saturated rings. The highest BCUT2D eigenvalue weighted by molar-refractivity contribution is 6.30. The highest BCUT2D eigenvalue weighted by Gasteiger charge is 1.93. The third-order valence-electron chi connectivity index (χ3n) is 1.23. The van der Waals surface area contributed by atoms with E-state index in [1.54, 1.807) is 0 Å². The molecule has 0 saturated heterocycles.